The first-order valence-electron chi connectivity index (χ1n) is 12.4. The minimum Gasteiger partial charge on any atom is -0.478 e. The van der Waals surface area contributed by atoms with Crippen molar-refractivity contribution in [2.24, 2.45) is 17.5 Å². The molecule has 0 radical (unpaired) electrons. The van der Waals surface area contributed by atoms with E-state index in [2.05, 4.69) is 5.32 Å². The Balaban J connectivity index is 1.68. The van der Waals surface area contributed by atoms with E-state index in [1.54, 1.807) is 36.5 Å². The number of hydrogen-bond acceptors (Lipinski definition) is 6. The van der Waals surface area contributed by atoms with E-state index in [1.807, 2.05) is 0 Å². The number of hydrogen-bond donors (Lipinski definition) is 4. The predicted molar refractivity (Wildman–Crippen MR) is 147 cm³/mol. The number of carbonyl (C=O) groups excluding carboxylic acids is 1. The highest BCUT2D eigenvalue weighted by atomic mass is 35.5. The van der Waals surface area contributed by atoms with Gasteiger partial charge in [0.05, 0.1) is 22.5 Å². The molecule has 9 nitrogen and oxygen atoms in total. The molecule has 1 amide bonds. The van der Waals surface area contributed by atoms with Crippen LogP contribution in [0.2, 0.25) is 5.02 Å². The number of alkyl halides is 2. The number of carboxylic acid groups (broad SMARTS) is 1. The Kier molecular flexibility index (Phi) is 8.86. The molecule has 1 atom stereocenters. The fraction of sp³-hybridized carbons (Fsp3) is 0.250. The summed E-state index contributed by atoms with van der Waals surface area (Å²) < 4.78 is 27.4. The Hall–Kier alpha value is -4.22. The average Bonchev–Trinajstić information content (AvgIpc) is 3.75. The van der Waals surface area contributed by atoms with Gasteiger partial charge >= 0.3 is 5.97 Å². The largest absolute Gasteiger partial charge is 0.478 e. The molecular formula is C28H29ClF2N5O4+. The van der Waals surface area contributed by atoms with E-state index in [9.17, 15) is 18.4 Å². The van der Waals surface area contributed by atoms with Crippen molar-refractivity contribution in [3.8, 4) is 11.1 Å². The summed E-state index contributed by atoms with van der Waals surface area (Å²) in [6.45, 7) is 0. The van der Waals surface area contributed by atoms with Crippen molar-refractivity contribution >= 4 is 34.9 Å². The molecule has 0 aliphatic heterocycles. The predicted octanol–water partition coefficient (Wildman–Crippen LogP) is 4.32. The molecule has 1 aliphatic carbocycles. The third-order valence-corrected chi connectivity index (χ3v) is 6.80. The number of carboxylic acids is 1. The summed E-state index contributed by atoms with van der Waals surface area (Å²) in [5.41, 5.74) is 7.35. The van der Waals surface area contributed by atoms with Crippen molar-refractivity contribution in [1.29, 1.82) is 0 Å². The van der Waals surface area contributed by atoms with Crippen molar-refractivity contribution in [2.45, 2.75) is 31.6 Å². The van der Waals surface area contributed by atoms with Crippen molar-refractivity contribution in [3.05, 3.63) is 89.0 Å². The average molecular weight is 573 g/mol. The number of nitrogens with zero attached hydrogens (tertiary/aromatic N) is 2. The molecule has 1 unspecified atom stereocenters. The van der Waals surface area contributed by atoms with Crippen LogP contribution >= 0.6 is 11.6 Å². The monoisotopic (exact) mass is 572 g/mol. The number of amides is 1. The van der Waals surface area contributed by atoms with Crippen LogP contribution < -0.4 is 31.5 Å². The van der Waals surface area contributed by atoms with Crippen molar-refractivity contribution in [1.82, 2.24) is 0 Å². The van der Waals surface area contributed by atoms with E-state index < -0.39 is 24.0 Å². The van der Waals surface area contributed by atoms with Gasteiger partial charge in [0.15, 0.2) is 0 Å². The summed E-state index contributed by atoms with van der Waals surface area (Å²) in [5, 5.41) is 13.4. The maximum atomic E-state index is 13.4. The lowest BCUT2D eigenvalue weighted by molar-refractivity contribution is -0.890. The standard InChI is InChI=1S/C28H28ClF2N5O4/c1-40-36-14-18(21-13-19(29)7-11-24(21)35(33)15-23(32)26(30)31)6-10-25(36)22(12-16-2-3-16)27(37)34-20-8-4-17(5-9-20)28(38)39/h4-11,13-16,22,26H,2-3,12,32-33H2,1H3,(H-,34,37,38,39)/p+1/b23-15-. The summed E-state index contributed by atoms with van der Waals surface area (Å²) in [5.74, 6) is 4.55. The van der Waals surface area contributed by atoms with Gasteiger partial charge in [0.2, 0.25) is 17.8 Å². The minimum absolute atomic E-state index is 0.115. The van der Waals surface area contributed by atoms with Crippen LogP contribution in [-0.4, -0.2) is 30.5 Å². The van der Waals surface area contributed by atoms with Gasteiger partial charge in [-0.15, -0.1) is 0 Å². The van der Waals surface area contributed by atoms with Gasteiger partial charge in [-0.3, -0.25) is 14.6 Å². The van der Waals surface area contributed by atoms with Gasteiger partial charge in [-0.2, -0.15) is 0 Å². The molecule has 3 aromatic rings. The van der Waals surface area contributed by atoms with Gasteiger partial charge in [-0.1, -0.05) is 24.4 Å². The first-order chi connectivity index (χ1) is 19.1. The van der Waals surface area contributed by atoms with E-state index in [0.29, 0.717) is 45.6 Å². The molecule has 40 heavy (non-hydrogen) atoms. The summed E-state index contributed by atoms with van der Waals surface area (Å²) in [4.78, 5) is 30.2. The van der Waals surface area contributed by atoms with Crippen molar-refractivity contribution in [2.75, 3.05) is 17.4 Å². The molecule has 210 valence electrons. The zero-order valence-corrected chi connectivity index (χ0v) is 22.3. The number of aromatic nitrogens is 1. The zero-order chi connectivity index (χ0) is 29.0. The van der Waals surface area contributed by atoms with Gasteiger partial charge in [-0.25, -0.2) is 19.4 Å². The Morgan fingerprint density at radius 1 is 1.20 bits per heavy atom. The quantitative estimate of drug-likeness (QED) is 0.153. The third-order valence-electron chi connectivity index (χ3n) is 6.57. The minimum atomic E-state index is -2.87. The van der Waals surface area contributed by atoms with E-state index in [0.717, 1.165) is 24.1 Å². The maximum absolute atomic E-state index is 13.4. The number of anilines is 2. The highest BCUT2D eigenvalue weighted by Crippen LogP contribution is 2.39. The van der Waals surface area contributed by atoms with Gasteiger partial charge in [0.25, 0.3) is 6.43 Å². The summed E-state index contributed by atoms with van der Waals surface area (Å²) in [7, 11) is 1.46. The summed E-state index contributed by atoms with van der Waals surface area (Å²) in [6.07, 6.45) is 2.37. The Morgan fingerprint density at radius 3 is 2.50 bits per heavy atom. The molecular weight excluding hydrogens is 544 g/mol. The van der Waals surface area contributed by atoms with Crippen LogP contribution in [0.4, 0.5) is 20.2 Å². The fourth-order valence-corrected chi connectivity index (χ4v) is 4.48. The second kappa shape index (κ2) is 12.3. The van der Waals surface area contributed by atoms with Gasteiger partial charge < -0.3 is 16.2 Å². The number of pyridine rings is 1. The van der Waals surface area contributed by atoms with E-state index in [-0.39, 0.29) is 11.5 Å². The second-order valence-corrected chi connectivity index (χ2v) is 9.89. The lowest BCUT2D eigenvalue weighted by Crippen LogP contribution is -2.47. The van der Waals surface area contributed by atoms with Crippen LogP contribution in [0.1, 0.15) is 41.2 Å². The third kappa shape index (κ3) is 6.85. The second-order valence-electron chi connectivity index (χ2n) is 9.45. The van der Waals surface area contributed by atoms with E-state index in [4.69, 9.17) is 33.1 Å². The molecule has 0 bridgehead atoms. The normalized spacial score (nSPS) is 14.1. The van der Waals surface area contributed by atoms with Crippen LogP contribution in [0.3, 0.4) is 0 Å². The van der Waals surface area contributed by atoms with Crippen LogP contribution in [0.25, 0.3) is 11.1 Å². The number of nitrogens with one attached hydrogen (secondary N) is 1. The summed E-state index contributed by atoms with van der Waals surface area (Å²) in [6, 6.07) is 14.2. The van der Waals surface area contributed by atoms with E-state index >= 15 is 0 Å². The van der Waals surface area contributed by atoms with Gasteiger partial charge in [-0.05, 0) is 60.9 Å². The van der Waals surface area contributed by atoms with Crippen LogP contribution in [0, 0.1) is 5.92 Å². The molecule has 0 spiro atoms. The molecule has 1 heterocycles. The molecule has 1 aromatic heterocycles. The van der Waals surface area contributed by atoms with E-state index in [1.165, 1.54) is 36.1 Å². The number of rotatable bonds is 11. The van der Waals surface area contributed by atoms with Crippen LogP contribution in [-0.2, 0) is 4.79 Å². The smallest absolute Gasteiger partial charge is 0.335 e. The number of hydrazine groups is 1. The first-order valence-corrected chi connectivity index (χ1v) is 12.8. The molecule has 12 heteroatoms. The highest BCUT2D eigenvalue weighted by Gasteiger charge is 2.36. The maximum Gasteiger partial charge on any atom is 0.335 e. The number of allylic oxidation sites excluding steroid dienone is 1. The van der Waals surface area contributed by atoms with Crippen LogP contribution in [0.5, 0.6) is 0 Å². The fourth-order valence-electron chi connectivity index (χ4n) is 4.31. The molecule has 6 N–H and O–H groups in total. The SMILES string of the molecule is CO[n+]1cc(-c2cc(Cl)ccc2N(N)/C=C(\N)C(F)F)ccc1C(CC1CC1)C(=O)Nc1ccc(C(=O)O)cc1. The zero-order valence-electron chi connectivity index (χ0n) is 21.6. The lowest BCUT2D eigenvalue weighted by atomic mass is 9.95. The molecule has 0 saturated heterocycles. The van der Waals surface area contributed by atoms with Crippen molar-refractivity contribution < 1.29 is 33.0 Å². The highest BCUT2D eigenvalue weighted by molar-refractivity contribution is 6.31. The number of benzene rings is 2. The van der Waals surface area contributed by atoms with Crippen LogP contribution in [0.15, 0.2) is 72.7 Å². The number of nitrogens with two attached hydrogens (primary N) is 2. The van der Waals surface area contributed by atoms with Gasteiger partial charge in [0.1, 0.15) is 13.0 Å². The molecule has 1 saturated carbocycles. The topological polar surface area (TPSA) is 135 Å². The Morgan fingerprint density at radius 2 is 1.90 bits per heavy atom. The van der Waals surface area contributed by atoms with Crippen molar-refractivity contribution in [3.63, 3.8) is 0 Å². The lowest BCUT2D eigenvalue weighted by Gasteiger charge is -2.19. The molecule has 1 aliphatic rings. The molecule has 2 aromatic carbocycles. The summed E-state index contributed by atoms with van der Waals surface area (Å²) >= 11 is 6.25. The molecule has 4 rings (SSSR count). The van der Waals surface area contributed by atoms with Gasteiger partial charge in [0, 0.05) is 33.3 Å². The Bertz CT molecular complexity index is 1430. The number of aromatic carboxylic acids is 1. The number of carbonyl (C=O) groups is 2. The molecule has 1 fully saturated rings. The first kappa shape index (κ1) is 28.8. The Labute approximate surface area is 234 Å². The number of halogens is 3.